The lowest BCUT2D eigenvalue weighted by Crippen LogP contribution is -1.97. The summed E-state index contributed by atoms with van der Waals surface area (Å²) in [4.78, 5) is 11.2. The minimum atomic E-state index is -0.346. The molecule has 0 bridgehead atoms. The molecule has 4 nitrogen and oxygen atoms in total. The van der Waals surface area contributed by atoms with Gasteiger partial charge in [-0.05, 0) is 31.2 Å². The van der Waals surface area contributed by atoms with Gasteiger partial charge < -0.3 is 4.42 Å². The molecular weight excluding hydrogens is 180 g/mol. The first-order valence-electron chi connectivity index (χ1n) is 4.15. The van der Waals surface area contributed by atoms with E-state index in [0.717, 1.165) is 5.76 Å². The number of hydrogen-bond acceptors (Lipinski definition) is 3. The summed E-state index contributed by atoms with van der Waals surface area (Å²) in [6, 6.07) is 3.64. The van der Waals surface area contributed by atoms with Gasteiger partial charge in [-0.15, -0.1) is 5.11 Å². The molecule has 1 aliphatic heterocycles. The fourth-order valence-corrected chi connectivity index (χ4v) is 1.12. The van der Waals surface area contributed by atoms with Crippen LogP contribution < -0.4 is 0 Å². The second-order valence-corrected chi connectivity index (χ2v) is 2.88. The zero-order valence-corrected chi connectivity index (χ0v) is 7.60. The van der Waals surface area contributed by atoms with Crippen LogP contribution in [0.4, 0.5) is 0 Å². The normalized spacial score (nSPS) is 18.1. The molecule has 1 amide bonds. The Bertz CT molecular complexity index is 452. The van der Waals surface area contributed by atoms with Crippen LogP contribution >= 0.6 is 0 Å². The van der Waals surface area contributed by atoms with E-state index in [1.807, 2.05) is 13.0 Å². The summed E-state index contributed by atoms with van der Waals surface area (Å²) in [6.07, 6.45) is 4.72. The number of carbonyl (C=O) groups excluding carboxylic acids is 1. The van der Waals surface area contributed by atoms with E-state index in [0.29, 0.717) is 11.3 Å². The average molecular weight is 188 g/mol. The fourth-order valence-electron chi connectivity index (χ4n) is 1.12. The largest absolute Gasteiger partial charge is 0.462 e. The molecule has 0 unspecified atom stereocenters. The number of rotatable bonds is 1. The lowest BCUT2D eigenvalue weighted by molar-refractivity contribution is -0.114. The van der Waals surface area contributed by atoms with Gasteiger partial charge in [0.2, 0.25) is 0 Å². The molecule has 2 rings (SSSR count). The lowest BCUT2D eigenvalue weighted by Gasteiger charge is -1.96. The van der Waals surface area contributed by atoms with E-state index in [4.69, 9.17) is 4.42 Å². The topological polar surface area (TPSA) is 54.9 Å². The zero-order valence-electron chi connectivity index (χ0n) is 7.60. The summed E-state index contributed by atoms with van der Waals surface area (Å²) in [5, 5.41) is 6.88. The van der Waals surface area contributed by atoms with Crippen LogP contribution in [0.15, 0.2) is 44.6 Å². The first kappa shape index (κ1) is 8.62. The van der Waals surface area contributed by atoms with Crippen LogP contribution in [0.2, 0.25) is 0 Å². The van der Waals surface area contributed by atoms with Crippen molar-refractivity contribution in [1.82, 2.24) is 0 Å². The second-order valence-electron chi connectivity index (χ2n) is 2.88. The number of azo groups is 1. The number of nitrogens with zero attached hydrogens (tertiary/aromatic N) is 2. The third kappa shape index (κ3) is 1.69. The molecule has 0 saturated carbocycles. The van der Waals surface area contributed by atoms with Crippen molar-refractivity contribution in [2.45, 2.75) is 6.92 Å². The van der Waals surface area contributed by atoms with Crippen LogP contribution in [0.3, 0.4) is 0 Å². The molecule has 0 saturated heterocycles. The van der Waals surface area contributed by atoms with Crippen molar-refractivity contribution in [2.75, 3.05) is 0 Å². The van der Waals surface area contributed by atoms with Gasteiger partial charge in [-0.3, -0.25) is 4.79 Å². The van der Waals surface area contributed by atoms with E-state index < -0.39 is 0 Å². The van der Waals surface area contributed by atoms with Gasteiger partial charge in [0.05, 0.1) is 6.20 Å². The van der Waals surface area contributed by atoms with Crippen molar-refractivity contribution in [2.24, 2.45) is 10.2 Å². The first-order chi connectivity index (χ1) is 6.75. The third-order valence-electron chi connectivity index (χ3n) is 1.78. The molecule has 0 N–H and O–H groups in total. The maximum atomic E-state index is 11.2. The molecule has 2 heterocycles. The van der Waals surface area contributed by atoms with Crippen molar-refractivity contribution >= 4 is 12.0 Å². The summed E-state index contributed by atoms with van der Waals surface area (Å²) in [5.74, 6) is 1.11. The van der Waals surface area contributed by atoms with Gasteiger partial charge in [-0.25, -0.2) is 0 Å². The highest BCUT2D eigenvalue weighted by atomic mass is 16.3. The van der Waals surface area contributed by atoms with Gasteiger partial charge in [0.1, 0.15) is 11.5 Å². The molecule has 0 radical (unpaired) electrons. The molecule has 1 aromatic rings. The molecule has 0 fully saturated rings. The minimum absolute atomic E-state index is 0.346. The number of hydrogen-bond donors (Lipinski definition) is 0. The molecule has 1 aromatic heterocycles. The van der Waals surface area contributed by atoms with Crippen LogP contribution in [-0.2, 0) is 4.79 Å². The Morgan fingerprint density at radius 2 is 2.29 bits per heavy atom. The first-order valence-corrected chi connectivity index (χ1v) is 4.15. The molecule has 0 aliphatic carbocycles. The Balaban J connectivity index is 2.31. The fraction of sp³-hybridized carbons (Fsp3) is 0.100. The Kier molecular flexibility index (Phi) is 2.10. The second kappa shape index (κ2) is 3.41. The number of amides is 1. The predicted octanol–water partition coefficient (Wildman–Crippen LogP) is 2.48. The minimum Gasteiger partial charge on any atom is -0.462 e. The van der Waals surface area contributed by atoms with Gasteiger partial charge >= 0.3 is 0 Å². The van der Waals surface area contributed by atoms with Gasteiger partial charge in [-0.2, -0.15) is 5.11 Å². The van der Waals surface area contributed by atoms with Crippen molar-refractivity contribution in [1.29, 1.82) is 0 Å². The van der Waals surface area contributed by atoms with Crippen LogP contribution in [0, 0.1) is 6.92 Å². The molecule has 14 heavy (non-hydrogen) atoms. The summed E-state index contributed by atoms with van der Waals surface area (Å²) in [7, 11) is 0. The highest BCUT2D eigenvalue weighted by Crippen LogP contribution is 2.14. The van der Waals surface area contributed by atoms with Crippen LogP contribution in [-0.4, -0.2) is 5.91 Å². The van der Waals surface area contributed by atoms with Crippen molar-refractivity contribution in [3.8, 4) is 0 Å². The van der Waals surface area contributed by atoms with Gasteiger partial charge in [-0.1, -0.05) is 0 Å². The van der Waals surface area contributed by atoms with Crippen molar-refractivity contribution in [3.63, 3.8) is 0 Å². The Morgan fingerprint density at radius 3 is 2.93 bits per heavy atom. The molecular formula is C10H8N2O2. The maximum absolute atomic E-state index is 11.2. The summed E-state index contributed by atoms with van der Waals surface area (Å²) in [6.45, 7) is 1.85. The van der Waals surface area contributed by atoms with Crippen LogP contribution in [0.25, 0.3) is 6.08 Å². The highest BCUT2D eigenvalue weighted by molar-refractivity contribution is 6.01. The molecule has 0 atom stereocenters. The van der Waals surface area contributed by atoms with E-state index in [1.54, 1.807) is 18.2 Å². The third-order valence-corrected chi connectivity index (χ3v) is 1.78. The van der Waals surface area contributed by atoms with Crippen molar-refractivity contribution in [3.05, 3.63) is 41.5 Å². The summed E-state index contributed by atoms with van der Waals surface area (Å²) >= 11 is 0. The van der Waals surface area contributed by atoms with E-state index in [1.165, 1.54) is 6.20 Å². The quantitative estimate of drug-likeness (QED) is 0.635. The van der Waals surface area contributed by atoms with E-state index in [9.17, 15) is 4.79 Å². The van der Waals surface area contributed by atoms with E-state index in [-0.39, 0.29) is 5.91 Å². The Morgan fingerprint density at radius 1 is 1.43 bits per heavy atom. The standard InChI is InChI=1S/C10H8N2O2/c1-7-2-3-9(14-7)6-8-4-5-11-12-10(8)13/h2-6H,1H3. The Labute approximate surface area is 80.6 Å². The van der Waals surface area contributed by atoms with Crippen molar-refractivity contribution < 1.29 is 9.21 Å². The number of aryl methyl sites for hydroxylation is 1. The number of carbonyl (C=O) groups is 1. The van der Waals surface area contributed by atoms with Crippen LogP contribution in [0.5, 0.6) is 0 Å². The van der Waals surface area contributed by atoms with Gasteiger partial charge in [0.25, 0.3) is 5.91 Å². The monoisotopic (exact) mass is 188 g/mol. The SMILES string of the molecule is Cc1ccc(C=C2C=CN=NC2=O)o1. The number of furan rings is 1. The molecule has 0 spiro atoms. The Hall–Kier alpha value is -1.97. The zero-order chi connectivity index (χ0) is 9.97. The van der Waals surface area contributed by atoms with Crippen LogP contribution in [0.1, 0.15) is 11.5 Å². The summed E-state index contributed by atoms with van der Waals surface area (Å²) in [5.41, 5.74) is 0.481. The van der Waals surface area contributed by atoms with E-state index >= 15 is 0 Å². The predicted molar refractivity (Wildman–Crippen MR) is 50.4 cm³/mol. The van der Waals surface area contributed by atoms with E-state index in [2.05, 4.69) is 10.2 Å². The molecule has 70 valence electrons. The smallest absolute Gasteiger partial charge is 0.295 e. The summed E-state index contributed by atoms with van der Waals surface area (Å²) < 4.78 is 5.30. The average Bonchev–Trinajstić information content (AvgIpc) is 2.56. The maximum Gasteiger partial charge on any atom is 0.295 e. The van der Waals surface area contributed by atoms with Gasteiger partial charge in [0, 0.05) is 5.57 Å². The highest BCUT2D eigenvalue weighted by Gasteiger charge is 2.08. The van der Waals surface area contributed by atoms with Gasteiger partial charge in [0.15, 0.2) is 0 Å². The molecule has 1 aliphatic rings. The molecule has 4 heteroatoms. The molecule has 0 aromatic carbocycles. The lowest BCUT2D eigenvalue weighted by atomic mass is 10.2.